The van der Waals surface area contributed by atoms with E-state index < -0.39 is 102 Å². The Labute approximate surface area is 446 Å². The molecule has 4 aromatic rings. The molecule has 406 valence electrons. The zero-order chi connectivity index (χ0) is 55.6. The second-order valence-corrected chi connectivity index (χ2v) is 23.3. The van der Waals surface area contributed by atoms with Crippen molar-refractivity contribution in [3.8, 4) is 11.8 Å². The number of nitrogens with one attached hydrogen (secondary N) is 3. The SMILES string of the molecule is CC(C)(C)[C@H](NC(=O)c1cc2cc(C(F)(F)P(=O)(O)O)ccc2s1)C(=O)N1CCN(C(=O)CC(=O)NCCCCC#Cc2cccc3c2C(=O)N(C2CCC(=O)NC2=O)C3=O)C[C@H]1C(=O)N1CCCC(c2ccccc2)C1. The maximum Gasteiger partial charge on any atom is 0.399 e. The lowest BCUT2D eigenvalue weighted by Crippen LogP contribution is -2.66. The van der Waals surface area contributed by atoms with E-state index >= 15 is 0 Å². The van der Waals surface area contributed by atoms with E-state index in [0.717, 1.165) is 40.4 Å². The minimum atomic E-state index is -5.87. The maximum atomic E-state index is 14.9. The number of rotatable bonds is 14. The molecule has 3 aromatic carbocycles. The summed E-state index contributed by atoms with van der Waals surface area (Å²) in [6.07, 6.45) is 2.35. The number of piperidine rings is 2. The monoisotopic (exact) mass is 1100 g/mol. The fourth-order valence-electron chi connectivity index (χ4n) is 10.1. The van der Waals surface area contributed by atoms with Gasteiger partial charge in [-0.1, -0.05) is 75.1 Å². The molecule has 9 amide bonds. The van der Waals surface area contributed by atoms with Crippen molar-refractivity contribution in [3.63, 3.8) is 0 Å². The molecule has 3 fully saturated rings. The molecule has 5 N–H and O–H groups in total. The van der Waals surface area contributed by atoms with Gasteiger partial charge in [-0.2, -0.15) is 8.78 Å². The fourth-order valence-corrected chi connectivity index (χ4v) is 11.5. The number of benzene rings is 3. The molecule has 4 atom stereocenters. The lowest BCUT2D eigenvalue weighted by Gasteiger charge is -2.45. The van der Waals surface area contributed by atoms with Crippen LogP contribution in [0.2, 0.25) is 0 Å². The van der Waals surface area contributed by atoms with Gasteiger partial charge in [0.15, 0.2) is 0 Å². The molecule has 2 unspecified atom stereocenters. The predicted molar refractivity (Wildman–Crippen MR) is 277 cm³/mol. The highest BCUT2D eigenvalue weighted by molar-refractivity contribution is 7.52. The van der Waals surface area contributed by atoms with Crippen molar-refractivity contribution < 1.29 is 66.3 Å². The summed E-state index contributed by atoms with van der Waals surface area (Å²) >= 11 is 0.925. The van der Waals surface area contributed by atoms with Gasteiger partial charge in [0.1, 0.15) is 24.5 Å². The van der Waals surface area contributed by atoms with Gasteiger partial charge in [0, 0.05) is 67.3 Å². The number of alkyl halides is 2. The van der Waals surface area contributed by atoms with E-state index in [1.807, 2.05) is 30.3 Å². The Morgan fingerprint density at radius 2 is 1.64 bits per heavy atom. The highest BCUT2D eigenvalue weighted by atomic mass is 32.1. The molecule has 5 heterocycles. The van der Waals surface area contributed by atoms with Crippen LogP contribution >= 0.6 is 18.9 Å². The molecule has 8 rings (SSSR count). The van der Waals surface area contributed by atoms with Gasteiger partial charge in [-0.25, -0.2) is 0 Å². The average molecular weight is 1100 g/mol. The molecule has 0 spiro atoms. The molecule has 3 saturated heterocycles. The van der Waals surface area contributed by atoms with Crippen molar-refractivity contribution >= 4 is 82.2 Å². The first kappa shape index (κ1) is 56.0. The molecule has 19 nitrogen and oxygen atoms in total. The summed E-state index contributed by atoms with van der Waals surface area (Å²) < 4.78 is 41.1. The Morgan fingerprint density at radius 1 is 0.883 bits per heavy atom. The van der Waals surface area contributed by atoms with Gasteiger partial charge in [-0.15, -0.1) is 11.3 Å². The zero-order valence-corrected chi connectivity index (χ0v) is 44.2. The number of carbonyl (C=O) groups excluding carboxylic acids is 9. The van der Waals surface area contributed by atoms with E-state index in [-0.39, 0.29) is 66.3 Å². The Hall–Kier alpha value is -7.18. The average Bonchev–Trinajstić information content (AvgIpc) is 3.95. The highest BCUT2D eigenvalue weighted by Gasteiger charge is 2.51. The molecule has 23 heteroatoms. The summed E-state index contributed by atoms with van der Waals surface area (Å²) in [5.74, 6) is 0.604. The first-order valence-electron chi connectivity index (χ1n) is 25.2. The Kier molecular flexibility index (Phi) is 16.6. The summed E-state index contributed by atoms with van der Waals surface area (Å²) in [4.78, 5) is 145. The first-order valence-corrected chi connectivity index (χ1v) is 27.7. The number of fused-ring (bicyclic) bond motifs is 2. The minimum absolute atomic E-state index is 0.00711. The Balaban J connectivity index is 0.900. The number of nitrogens with zero attached hydrogens (tertiary/aromatic N) is 4. The fraction of sp³-hybridized carbons (Fsp3) is 0.426. The van der Waals surface area contributed by atoms with E-state index in [1.54, 1.807) is 37.8 Å². The second kappa shape index (κ2) is 22.8. The normalized spacial score (nSPS) is 19.5. The lowest BCUT2D eigenvalue weighted by atomic mass is 9.85. The second-order valence-electron chi connectivity index (χ2n) is 20.6. The van der Waals surface area contributed by atoms with E-state index in [0.29, 0.717) is 49.0 Å². The van der Waals surface area contributed by atoms with E-state index in [9.17, 15) is 66.3 Å². The van der Waals surface area contributed by atoms with Crippen LogP contribution in [0, 0.1) is 17.3 Å². The molecular formula is C54H58F2N7O12PS. The number of likely N-dealkylation sites (tertiary alicyclic amines) is 1. The van der Waals surface area contributed by atoms with Gasteiger partial charge in [-0.05, 0) is 78.8 Å². The number of hydrogen-bond donors (Lipinski definition) is 5. The van der Waals surface area contributed by atoms with Crippen LogP contribution in [-0.2, 0) is 39.0 Å². The number of halogens is 2. The number of thiophene rings is 1. The topological polar surface area (TPSA) is 260 Å². The quantitative estimate of drug-likeness (QED) is 0.0374. The molecule has 0 bridgehead atoms. The van der Waals surface area contributed by atoms with Gasteiger partial charge in [-0.3, -0.25) is 57.9 Å². The third-order valence-electron chi connectivity index (χ3n) is 14.2. The highest BCUT2D eigenvalue weighted by Crippen LogP contribution is 2.59. The Morgan fingerprint density at radius 3 is 2.35 bits per heavy atom. The van der Waals surface area contributed by atoms with Crippen molar-refractivity contribution in [1.29, 1.82) is 0 Å². The standard InChI is InChI=1S/C54H58F2N7O12PS/c1-53(2,3)46(59-48(68)41-28-35-27-36(19-21-40(35)77-41)54(55,56)76(73,74)75)52(72)62-26-25-60(31-39(62)50(70)61-24-12-17-34(30-61)32-13-8-6-9-14-32)44(66)29-43(65)57-23-10-5-4-7-15-33-16-11-18-37-45(33)51(71)63(49(37)69)38-20-22-42(64)58-47(38)67/h6,8-9,11,13-14,16,18-19,21,27-28,34,38-39,46H,4-5,10,12,17,20,22-26,29-31H2,1-3H3,(H,57,65)(H,59,68)(H,58,64,67)(H2,73,74,75)/t34?,38?,39-,46+/m0/s1. The van der Waals surface area contributed by atoms with Crippen molar-refractivity contribution in [3.05, 3.63) is 105 Å². The first-order chi connectivity index (χ1) is 36.4. The number of carbonyl (C=O) groups is 9. The summed E-state index contributed by atoms with van der Waals surface area (Å²) in [6.45, 7) is 5.75. The molecule has 0 radical (unpaired) electrons. The third-order valence-corrected chi connectivity index (χ3v) is 16.3. The molecule has 0 aliphatic carbocycles. The van der Waals surface area contributed by atoms with Crippen LogP contribution in [0.25, 0.3) is 10.1 Å². The van der Waals surface area contributed by atoms with Crippen molar-refractivity contribution in [2.24, 2.45) is 5.41 Å². The number of imide groups is 2. The van der Waals surface area contributed by atoms with Crippen molar-refractivity contribution in [1.82, 2.24) is 35.6 Å². The van der Waals surface area contributed by atoms with Gasteiger partial charge in [0.2, 0.25) is 35.4 Å². The van der Waals surface area contributed by atoms with Crippen LogP contribution in [0.1, 0.15) is 125 Å². The number of unbranched alkanes of at least 4 members (excludes halogenated alkanes) is 2. The molecule has 0 saturated carbocycles. The minimum Gasteiger partial charge on any atom is -0.356 e. The van der Waals surface area contributed by atoms with Gasteiger partial charge in [0.05, 0.1) is 22.5 Å². The van der Waals surface area contributed by atoms with E-state index in [4.69, 9.17) is 0 Å². The lowest BCUT2D eigenvalue weighted by molar-refractivity contribution is -0.155. The zero-order valence-electron chi connectivity index (χ0n) is 42.5. The molecule has 4 aliphatic rings. The third kappa shape index (κ3) is 12.2. The van der Waals surface area contributed by atoms with Crippen LogP contribution in [0.3, 0.4) is 0 Å². The van der Waals surface area contributed by atoms with Gasteiger partial charge >= 0.3 is 13.3 Å². The molecule has 1 aromatic heterocycles. The molecule has 77 heavy (non-hydrogen) atoms. The van der Waals surface area contributed by atoms with Crippen LogP contribution in [0.15, 0.2) is 72.8 Å². The van der Waals surface area contributed by atoms with E-state index in [1.165, 1.54) is 28.0 Å². The molecule has 4 aliphatic heterocycles. The van der Waals surface area contributed by atoms with Gasteiger partial charge < -0.3 is 35.1 Å². The van der Waals surface area contributed by atoms with Crippen LogP contribution < -0.4 is 16.0 Å². The summed E-state index contributed by atoms with van der Waals surface area (Å²) in [7, 11) is -5.87. The van der Waals surface area contributed by atoms with E-state index in [2.05, 4.69) is 27.8 Å². The maximum absolute atomic E-state index is 14.9. The number of piperazine rings is 1. The summed E-state index contributed by atoms with van der Waals surface area (Å²) in [5, 5.41) is 7.84. The predicted octanol–water partition coefficient (Wildman–Crippen LogP) is 4.85. The smallest absolute Gasteiger partial charge is 0.356 e. The van der Waals surface area contributed by atoms with Crippen molar-refractivity contribution in [2.75, 3.05) is 39.3 Å². The van der Waals surface area contributed by atoms with Crippen LogP contribution in [-0.4, -0.2) is 140 Å². The van der Waals surface area contributed by atoms with Crippen LogP contribution in [0.4, 0.5) is 8.78 Å². The number of amides is 9. The van der Waals surface area contributed by atoms with Gasteiger partial charge in [0.25, 0.3) is 17.7 Å². The molecular weight excluding hydrogens is 1040 g/mol. The summed E-state index contributed by atoms with van der Waals surface area (Å²) in [5.41, 5.74) is -4.79. The largest absolute Gasteiger partial charge is 0.399 e. The number of hydrogen-bond acceptors (Lipinski definition) is 11. The van der Waals surface area contributed by atoms with Crippen LogP contribution in [0.5, 0.6) is 0 Å². The summed E-state index contributed by atoms with van der Waals surface area (Å²) in [6, 6.07) is 15.1. The Bertz CT molecular complexity index is 3160. The van der Waals surface area contributed by atoms with Crippen molar-refractivity contribution in [2.45, 2.75) is 102 Å².